The van der Waals surface area contributed by atoms with Gasteiger partial charge in [-0.05, 0) is 52.0 Å². The van der Waals surface area contributed by atoms with Crippen LogP contribution in [0.5, 0.6) is 0 Å². The molecule has 1 atom stereocenters. The number of rotatable bonds is 5. The molecule has 24 heavy (non-hydrogen) atoms. The summed E-state index contributed by atoms with van der Waals surface area (Å²) >= 11 is 0. The fourth-order valence-corrected chi connectivity index (χ4v) is 4.71. The number of carbonyl (C=O) groups excluding carboxylic acids is 1. The van der Waals surface area contributed by atoms with Crippen LogP contribution in [0, 0.1) is 0 Å². The monoisotopic (exact) mass is 337 g/mol. The van der Waals surface area contributed by atoms with E-state index in [9.17, 15) is 9.90 Å². The molecule has 0 radical (unpaired) electrons. The normalized spacial score (nSPS) is 29.7. The third kappa shape index (κ3) is 4.93. The van der Waals surface area contributed by atoms with Gasteiger partial charge < -0.3 is 15.3 Å². The lowest BCUT2D eigenvalue weighted by Crippen LogP contribution is -2.51. The van der Waals surface area contributed by atoms with Crippen LogP contribution in [0.3, 0.4) is 0 Å². The molecule has 1 saturated carbocycles. The maximum atomic E-state index is 12.3. The van der Waals surface area contributed by atoms with Gasteiger partial charge in [-0.3, -0.25) is 9.69 Å². The van der Waals surface area contributed by atoms with Crippen molar-refractivity contribution < 1.29 is 9.90 Å². The van der Waals surface area contributed by atoms with Gasteiger partial charge in [-0.2, -0.15) is 0 Å². The highest BCUT2D eigenvalue weighted by atomic mass is 16.3. The Morgan fingerprint density at radius 3 is 2.42 bits per heavy atom. The molecule has 1 aliphatic carbocycles. The Morgan fingerprint density at radius 2 is 1.79 bits per heavy atom. The zero-order valence-electron chi connectivity index (χ0n) is 15.3. The Morgan fingerprint density at radius 1 is 1.08 bits per heavy atom. The van der Waals surface area contributed by atoms with E-state index in [4.69, 9.17) is 0 Å². The summed E-state index contributed by atoms with van der Waals surface area (Å²) in [6.07, 6.45) is 9.97. The van der Waals surface area contributed by atoms with Crippen LogP contribution in [0.25, 0.3) is 0 Å². The number of amides is 1. The van der Waals surface area contributed by atoms with Gasteiger partial charge in [-0.25, -0.2) is 0 Å². The summed E-state index contributed by atoms with van der Waals surface area (Å²) in [5, 5.41) is 13.9. The molecule has 2 aliphatic heterocycles. The number of aliphatic hydroxyl groups is 1. The molecule has 2 saturated heterocycles. The third-order valence-corrected chi connectivity index (χ3v) is 6.29. The van der Waals surface area contributed by atoms with Crippen LogP contribution in [0.15, 0.2) is 0 Å². The predicted molar refractivity (Wildman–Crippen MR) is 95.9 cm³/mol. The molecule has 1 unspecified atom stereocenters. The van der Waals surface area contributed by atoms with Crippen LogP contribution in [0.2, 0.25) is 0 Å². The first kappa shape index (κ1) is 18.2. The van der Waals surface area contributed by atoms with Crippen molar-refractivity contribution in [2.45, 2.75) is 82.4 Å². The van der Waals surface area contributed by atoms with E-state index in [0.29, 0.717) is 18.6 Å². The highest BCUT2D eigenvalue weighted by molar-refractivity contribution is 5.78. The summed E-state index contributed by atoms with van der Waals surface area (Å²) in [7, 11) is 0. The summed E-state index contributed by atoms with van der Waals surface area (Å²) in [6.45, 7) is 6.64. The van der Waals surface area contributed by atoms with E-state index in [2.05, 4.69) is 22.0 Å². The van der Waals surface area contributed by atoms with Crippen molar-refractivity contribution in [1.82, 2.24) is 15.1 Å². The van der Waals surface area contributed by atoms with Crippen molar-refractivity contribution in [2.24, 2.45) is 0 Å². The molecule has 0 aromatic heterocycles. The van der Waals surface area contributed by atoms with Crippen LogP contribution < -0.4 is 5.32 Å². The fourth-order valence-electron chi connectivity index (χ4n) is 4.71. The van der Waals surface area contributed by atoms with Gasteiger partial charge in [0.2, 0.25) is 5.91 Å². The molecule has 3 fully saturated rings. The molecule has 3 aliphatic rings. The van der Waals surface area contributed by atoms with Gasteiger partial charge in [0, 0.05) is 31.7 Å². The van der Waals surface area contributed by atoms with Gasteiger partial charge in [-0.1, -0.05) is 19.3 Å². The zero-order valence-corrected chi connectivity index (χ0v) is 15.3. The lowest BCUT2D eigenvalue weighted by molar-refractivity contribution is -0.123. The first-order valence-corrected chi connectivity index (χ1v) is 10.0. The standard InChI is InChI=1S/C19H35N3O2/c1-16-6-5-11-22(16)14-18(23)20-17-7-12-21(13-8-17)15-19(24)9-3-2-4-10-19/h16-17,24H,2-15H2,1H3,(H,20,23). The molecule has 3 rings (SSSR count). The fraction of sp³-hybridized carbons (Fsp3) is 0.947. The molecule has 138 valence electrons. The second-order valence-corrected chi connectivity index (χ2v) is 8.36. The number of hydrogen-bond donors (Lipinski definition) is 2. The molecule has 2 N–H and O–H groups in total. The average molecular weight is 338 g/mol. The van der Waals surface area contributed by atoms with E-state index >= 15 is 0 Å². The first-order chi connectivity index (χ1) is 11.5. The lowest BCUT2D eigenvalue weighted by Gasteiger charge is -2.40. The lowest BCUT2D eigenvalue weighted by atomic mass is 9.84. The van der Waals surface area contributed by atoms with E-state index in [1.807, 2.05) is 0 Å². The van der Waals surface area contributed by atoms with Crippen LogP contribution in [-0.4, -0.2) is 71.2 Å². The minimum Gasteiger partial charge on any atom is -0.389 e. The molecule has 0 spiro atoms. The molecule has 0 bridgehead atoms. The maximum Gasteiger partial charge on any atom is 0.234 e. The highest BCUT2D eigenvalue weighted by Gasteiger charge is 2.33. The number of likely N-dealkylation sites (tertiary alicyclic amines) is 2. The van der Waals surface area contributed by atoms with Crippen molar-refractivity contribution in [3.05, 3.63) is 0 Å². The van der Waals surface area contributed by atoms with Crippen molar-refractivity contribution in [1.29, 1.82) is 0 Å². The maximum absolute atomic E-state index is 12.3. The van der Waals surface area contributed by atoms with E-state index in [1.165, 1.54) is 19.3 Å². The largest absolute Gasteiger partial charge is 0.389 e. The van der Waals surface area contributed by atoms with Gasteiger partial charge in [0.25, 0.3) is 0 Å². The predicted octanol–water partition coefficient (Wildman–Crippen LogP) is 1.75. The Kier molecular flexibility index (Phi) is 6.17. The van der Waals surface area contributed by atoms with Gasteiger partial charge >= 0.3 is 0 Å². The van der Waals surface area contributed by atoms with Crippen molar-refractivity contribution in [3.63, 3.8) is 0 Å². The first-order valence-electron chi connectivity index (χ1n) is 10.0. The van der Waals surface area contributed by atoms with Crippen molar-refractivity contribution >= 4 is 5.91 Å². The van der Waals surface area contributed by atoms with Crippen LogP contribution in [0.1, 0.15) is 64.7 Å². The Hall–Kier alpha value is -0.650. The average Bonchev–Trinajstić information content (AvgIpc) is 2.95. The number of piperidine rings is 1. The van der Waals surface area contributed by atoms with E-state index in [1.54, 1.807) is 0 Å². The molecule has 2 heterocycles. The molecule has 5 nitrogen and oxygen atoms in total. The molecule has 5 heteroatoms. The molecule has 0 aromatic rings. The van der Waals surface area contributed by atoms with E-state index < -0.39 is 5.60 Å². The second-order valence-electron chi connectivity index (χ2n) is 8.36. The Balaban J connectivity index is 1.36. The summed E-state index contributed by atoms with van der Waals surface area (Å²) < 4.78 is 0. The quantitative estimate of drug-likeness (QED) is 0.802. The second kappa shape index (κ2) is 8.15. The number of hydrogen-bond acceptors (Lipinski definition) is 4. The minimum atomic E-state index is -0.458. The summed E-state index contributed by atoms with van der Waals surface area (Å²) in [6, 6.07) is 0.862. The minimum absolute atomic E-state index is 0.188. The van der Waals surface area contributed by atoms with Crippen LogP contribution >= 0.6 is 0 Å². The van der Waals surface area contributed by atoms with E-state index in [-0.39, 0.29) is 5.91 Å². The van der Waals surface area contributed by atoms with Crippen LogP contribution in [-0.2, 0) is 4.79 Å². The number of β-amino-alcohol motifs (C(OH)–C–C–N with tert-alkyl or cyclic N) is 1. The molecule has 1 amide bonds. The Bertz CT molecular complexity index is 415. The summed E-state index contributed by atoms with van der Waals surface area (Å²) in [4.78, 5) is 16.9. The Labute approximate surface area is 146 Å². The van der Waals surface area contributed by atoms with Crippen molar-refractivity contribution in [2.75, 3.05) is 32.7 Å². The SMILES string of the molecule is CC1CCCN1CC(=O)NC1CCN(CC2(O)CCCCC2)CC1. The summed E-state index contributed by atoms with van der Waals surface area (Å²) in [5.74, 6) is 0.188. The molecular weight excluding hydrogens is 302 g/mol. The number of nitrogens with zero attached hydrogens (tertiary/aromatic N) is 2. The smallest absolute Gasteiger partial charge is 0.234 e. The van der Waals surface area contributed by atoms with Gasteiger partial charge in [0.05, 0.1) is 12.1 Å². The van der Waals surface area contributed by atoms with Crippen LogP contribution in [0.4, 0.5) is 0 Å². The van der Waals surface area contributed by atoms with Gasteiger partial charge in [-0.15, -0.1) is 0 Å². The zero-order chi connectivity index (χ0) is 17.0. The van der Waals surface area contributed by atoms with Gasteiger partial charge in [0.1, 0.15) is 0 Å². The third-order valence-electron chi connectivity index (χ3n) is 6.29. The van der Waals surface area contributed by atoms with Gasteiger partial charge in [0.15, 0.2) is 0 Å². The topological polar surface area (TPSA) is 55.8 Å². The molecule has 0 aromatic carbocycles. The summed E-state index contributed by atoms with van der Waals surface area (Å²) in [5.41, 5.74) is -0.458. The molecular formula is C19H35N3O2. The highest BCUT2D eigenvalue weighted by Crippen LogP contribution is 2.29. The van der Waals surface area contributed by atoms with E-state index in [0.717, 1.165) is 64.7 Å². The number of carbonyl (C=O) groups is 1. The number of nitrogens with one attached hydrogen (secondary N) is 1. The van der Waals surface area contributed by atoms with Crippen molar-refractivity contribution in [3.8, 4) is 0 Å².